The van der Waals surface area contributed by atoms with Crippen LogP contribution in [0.4, 0.5) is 5.69 Å². The highest BCUT2D eigenvalue weighted by molar-refractivity contribution is 7.93. The maximum absolute atomic E-state index is 12.0. The number of ether oxygens (including phenoxy) is 3. The van der Waals surface area contributed by atoms with Crippen molar-refractivity contribution in [3.8, 4) is 5.75 Å². The van der Waals surface area contributed by atoms with Crippen molar-refractivity contribution in [3.63, 3.8) is 0 Å². The molecule has 11 heteroatoms. The zero-order chi connectivity index (χ0) is 21.4. The Kier molecular flexibility index (Phi) is 8.54. The van der Waals surface area contributed by atoms with Crippen LogP contribution in [0.2, 0.25) is 5.02 Å². The Balaban J connectivity index is 1.90. The first-order chi connectivity index (χ1) is 13.7. The molecule has 9 nitrogen and oxygen atoms in total. The molecule has 1 N–H and O–H groups in total. The number of esters is 2. The van der Waals surface area contributed by atoms with Gasteiger partial charge >= 0.3 is 11.9 Å². The van der Waals surface area contributed by atoms with E-state index in [1.807, 2.05) is 4.90 Å². The number of benzene rings is 1. The fourth-order valence-electron chi connectivity index (χ4n) is 2.85. The highest BCUT2D eigenvalue weighted by Crippen LogP contribution is 2.30. The predicted octanol–water partition coefficient (Wildman–Crippen LogP) is 1.66. The zero-order valence-corrected chi connectivity index (χ0v) is 17.9. The summed E-state index contributed by atoms with van der Waals surface area (Å²) < 4.78 is 41.5. The number of methoxy groups -OCH3 is 1. The number of hydrogen-bond acceptors (Lipinski definition) is 8. The van der Waals surface area contributed by atoms with E-state index in [1.54, 1.807) is 13.0 Å². The van der Waals surface area contributed by atoms with E-state index in [-0.39, 0.29) is 35.9 Å². The number of halogens is 1. The molecule has 0 aliphatic carbocycles. The molecule has 1 heterocycles. The number of sulfonamides is 1. The van der Waals surface area contributed by atoms with Gasteiger partial charge in [-0.3, -0.25) is 19.2 Å². The summed E-state index contributed by atoms with van der Waals surface area (Å²) in [6.07, 6.45) is 1.38. The van der Waals surface area contributed by atoms with Gasteiger partial charge in [0.1, 0.15) is 11.9 Å². The van der Waals surface area contributed by atoms with Gasteiger partial charge < -0.3 is 14.2 Å². The minimum Gasteiger partial charge on any atom is -0.489 e. The molecule has 0 unspecified atom stereocenters. The lowest BCUT2D eigenvalue weighted by Gasteiger charge is -2.31. The Morgan fingerprint density at radius 3 is 2.52 bits per heavy atom. The molecule has 1 aromatic rings. The van der Waals surface area contributed by atoms with E-state index in [2.05, 4.69) is 14.2 Å². The van der Waals surface area contributed by atoms with Crippen LogP contribution < -0.4 is 9.46 Å². The summed E-state index contributed by atoms with van der Waals surface area (Å²) in [4.78, 5) is 24.7. The molecule has 1 fully saturated rings. The molecule has 162 valence electrons. The van der Waals surface area contributed by atoms with E-state index in [9.17, 15) is 18.0 Å². The molecule has 1 aromatic carbocycles. The van der Waals surface area contributed by atoms with E-state index in [0.717, 1.165) is 12.8 Å². The molecule has 2 rings (SSSR count). The third-order valence-electron chi connectivity index (χ3n) is 4.23. The van der Waals surface area contributed by atoms with Crippen LogP contribution in [0.5, 0.6) is 5.75 Å². The SMILES string of the molecule is CCOC(=O)CS(=O)(=O)Nc1ccc(OC2CCN(CC(=O)OC)CC2)c(Cl)c1. The van der Waals surface area contributed by atoms with Gasteiger partial charge in [0.25, 0.3) is 0 Å². The Bertz CT molecular complexity index is 823. The van der Waals surface area contributed by atoms with Crippen LogP contribution in [0.25, 0.3) is 0 Å². The lowest BCUT2D eigenvalue weighted by Crippen LogP contribution is -2.41. The second-order valence-corrected chi connectivity index (χ2v) is 8.61. The van der Waals surface area contributed by atoms with Gasteiger partial charge in [0.05, 0.1) is 31.0 Å². The van der Waals surface area contributed by atoms with Crippen molar-refractivity contribution < 1.29 is 32.2 Å². The Morgan fingerprint density at radius 2 is 1.93 bits per heavy atom. The van der Waals surface area contributed by atoms with Gasteiger partial charge in [-0.05, 0) is 38.0 Å². The number of nitrogens with one attached hydrogen (secondary N) is 1. The fourth-order valence-corrected chi connectivity index (χ4v) is 4.02. The normalized spacial score (nSPS) is 15.6. The first-order valence-electron chi connectivity index (χ1n) is 9.14. The van der Waals surface area contributed by atoms with Crippen LogP contribution in [0.3, 0.4) is 0 Å². The van der Waals surface area contributed by atoms with Crippen LogP contribution in [0, 0.1) is 0 Å². The van der Waals surface area contributed by atoms with Gasteiger partial charge in [0, 0.05) is 13.1 Å². The maximum Gasteiger partial charge on any atom is 0.323 e. The van der Waals surface area contributed by atoms with Crippen molar-refractivity contribution in [2.75, 3.05) is 43.8 Å². The van der Waals surface area contributed by atoms with E-state index in [1.165, 1.54) is 19.2 Å². The minimum atomic E-state index is -3.90. The topological polar surface area (TPSA) is 111 Å². The molecule has 1 aliphatic heterocycles. The first-order valence-corrected chi connectivity index (χ1v) is 11.2. The summed E-state index contributed by atoms with van der Waals surface area (Å²) in [5, 5.41) is 0.248. The van der Waals surface area contributed by atoms with Gasteiger partial charge in [-0.15, -0.1) is 0 Å². The Morgan fingerprint density at radius 1 is 1.24 bits per heavy atom. The largest absolute Gasteiger partial charge is 0.489 e. The fraction of sp³-hybridized carbons (Fsp3) is 0.556. The number of carbonyl (C=O) groups is 2. The average molecular weight is 449 g/mol. The van der Waals surface area contributed by atoms with Gasteiger partial charge in [0.15, 0.2) is 5.75 Å². The highest BCUT2D eigenvalue weighted by Gasteiger charge is 2.23. The van der Waals surface area contributed by atoms with Gasteiger partial charge in [-0.2, -0.15) is 0 Å². The lowest BCUT2D eigenvalue weighted by molar-refractivity contribution is -0.142. The number of piperidine rings is 1. The van der Waals surface area contributed by atoms with Crippen molar-refractivity contribution in [1.82, 2.24) is 4.90 Å². The molecule has 0 amide bonds. The van der Waals surface area contributed by atoms with Crippen molar-refractivity contribution >= 4 is 39.3 Å². The smallest absolute Gasteiger partial charge is 0.323 e. The monoisotopic (exact) mass is 448 g/mol. The van der Waals surface area contributed by atoms with Crippen molar-refractivity contribution in [3.05, 3.63) is 23.2 Å². The number of rotatable bonds is 9. The van der Waals surface area contributed by atoms with E-state index < -0.39 is 21.7 Å². The summed E-state index contributed by atoms with van der Waals surface area (Å²) in [6, 6.07) is 4.51. The van der Waals surface area contributed by atoms with Crippen LogP contribution in [0.1, 0.15) is 19.8 Å². The standard InChI is InChI=1S/C18H25ClN2O7S/c1-3-27-18(23)12-29(24,25)20-13-4-5-16(15(19)10-13)28-14-6-8-21(9-7-14)11-17(22)26-2/h4-5,10,14,20H,3,6-9,11-12H2,1-2H3. The van der Waals surface area contributed by atoms with Gasteiger partial charge in [0.2, 0.25) is 10.0 Å². The zero-order valence-electron chi connectivity index (χ0n) is 16.4. The van der Waals surface area contributed by atoms with E-state index in [0.29, 0.717) is 18.8 Å². The van der Waals surface area contributed by atoms with Crippen LogP contribution in [-0.2, 0) is 29.1 Å². The van der Waals surface area contributed by atoms with Crippen LogP contribution in [-0.4, -0.2) is 70.5 Å². The van der Waals surface area contributed by atoms with E-state index in [4.69, 9.17) is 16.3 Å². The molecule has 1 saturated heterocycles. The molecule has 0 bridgehead atoms. The predicted molar refractivity (Wildman–Crippen MR) is 108 cm³/mol. The molecule has 0 saturated carbocycles. The summed E-state index contributed by atoms with van der Waals surface area (Å²) in [7, 11) is -2.54. The second kappa shape index (κ2) is 10.7. The number of likely N-dealkylation sites (tertiary alicyclic amines) is 1. The number of carbonyl (C=O) groups excluding carboxylic acids is 2. The van der Waals surface area contributed by atoms with Crippen LogP contribution >= 0.6 is 11.6 Å². The lowest BCUT2D eigenvalue weighted by atomic mass is 10.1. The van der Waals surface area contributed by atoms with E-state index >= 15 is 0 Å². The van der Waals surface area contributed by atoms with Crippen molar-refractivity contribution in [1.29, 1.82) is 0 Å². The molecular weight excluding hydrogens is 424 g/mol. The molecule has 1 aliphatic rings. The van der Waals surface area contributed by atoms with Gasteiger partial charge in [-0.1, -0.05) is 11.6 Å². The minimum absolute atomic E-state index is 0.0623. The number of anilines is 1. The summed E-state index contributed by atoms with van der Waals surface area (Å²) >= 11 is 6.23. The van der Waals surface area contributed by atoms with Gasteiger partial charge in [-0.25, -0.2) is 8.42 Å². The summed E-state index contributed by atoms with van der Waals surface area (Å²) in [6.45, 7) is 3.35. The second-order valence-electron chi connectivity index (χ2n) is 6.48. The first kappa shape index (κ1) is 23.2. The molecule has 29 heavy (non-hydrogen) atoms. The molecular formula is C18H25ClN2O7S. The molecule has 0 atom stereocenters. The average Bonchev–Trinajstić information content (AvgIpc) is 2.64. The van der Waals surface area contributed by atoms with Crippen molar-refractivity contribution in [2.24, 2.45) is 0 Å². The quantitative estimate of drug-likeness (QED) is 0.568. The molecule has 0 aromatic heterocycles. The van der Waals surface area contributed by atoms with Crippen molar-refractivity contribution in [2.45, 2.75) is 25.9 Å². The molecule has 0 spiro atoms. The molecule has 0 radical (unpaired) electrons. The summed E-state index contributed by atoms with van der Waals surface area (Å²) in [5.74, 6) is -1.44. The summed E-state index contributed by atoms with van der Waals surface area (Å²) in [5.41, 5.74) is 0.222. The third kappa shape index (κ3) is 7.71. The Hall–Kier alpha value is -2.04. The third-order valence-corrected chi connectivity index (χ3v) is 5.68. The maximum atomic E-state index is 12.0. The number of nitrogens with zero attached hydrogens (tertiary/aromatic N) is 1. The van der Waals surface area contributed by atoms with Crippen LogP contribution in [0.15, 0.2) is 18.2 Å². The Labute approximate surface area is 175 Å². The number of hydrogen-bond donors (Lipinski definition) is 1. The highest BCUT2D eigenvalue weighted by atomic mass is 35.5.